The van der Waals surface area contributed by atoms with E-state index in [1.807, 2.05) is 18.2 Å². The summed E-state index contributed by atoms with van der Waals surface area (Å²) in [4.78, 5) is 30.9. The van der Waals surface area contributed by atoms with Crippen LogP contribution in [0.1, 0.15) is 23.1 Å². The molecule has 122 valence electrons. The monoisotopic (exact) mass is 323 g/mol. The van der Waals surface area contributed by atoms with Crippen molar-refractivity contribution in [2.45, 2.75) is 12.5 Å². The third-order valence-electron chi connectivity index (χ3n) is 3.82. The Morgan fingerprint density at radius 3 is 2.58 bits per heavy atom. The number of para-hydroxylation sites is 1. The zero-order valence-electron chi connectivity index (χ0n) is 13.1. The second kappa shape index (κ2) is 6.25. The number of aliphatic hydroxyl groups is 1. The van der Waals surface area contributed by atoms with Crippen molar-refractivity contribution in [2.24, 2.45) is 0 Å². The van der Waals surface area contributed by atoms with Crippen molar-refractivity contribution in [3.8, 4) is 0 Å². The zero-order chi connectivity index (χ0) is 17.2. The summed E-state index contributed by atoms with van der Waals surface area (Å²) in [7, 11) is 0. The number of benzene rings is 2. The minimum atomic E-state index is -1.23. The molecule has 0 saturated heterocycles. The van der Waals surface area contributed by atoms with Crippen LogP contribution in [0.2, 0.25) is 0 Å². The van der Waals surface area contributed by atoms with Crippen LogP contribution in [-0.2, 0) is 5.60 Å². The molecule has 0 aliphatic heterocycles. The normalized spacial score (nSPS) is 13.4. The molecule has 3 aromatic rings. The largest absolute Gasteiger partial charge is 0.384 e. The predicted octanol–water partition coefficient (Wildman–Crippen LogP) is 1.56. The Kier molecular flexibility index (Phi) is 4.14. The average molecular weight is 323 g/mol. The number of nitrogens with one attached hydrogen (secondary N) is 2. The van der Waals surface area contributed by atoms with Gasteiger partial charge < -0.3 is 15.4 Å². The molecule has 24 heavy (non-hydrogen) atoms. The first kappa shape index (κ1) is 15.9. The van der Waals surface area contributed by atoms with Crippen LogP contribution >= 0.6 is 0 Å². The summed E-state index contributed by atoms with van der Waals surface area (Å²) in [6, 6.07) is 15.8. The second-order valence-corrected chi connectivity index (χ2v) is 5.75. The highest BCUT2D eigenvalue weighted by Gasteiger charge is 2.24. The number of aromatic amines is 1. The van der Waals surface area contributed by atoms with Gasteiger partial charge in [0.1, 0.15) is 5.60 Å². The van der Waals surface area contributed by atoms with Gasteiger partial charge in [0, 0.05) is 0 Å². The Morgan fingerprint density at radius 2 is 1.83 bits per heavy atom. The Morgan fingerprint density at radius 1 is 1.17 bits per heavy atom. The number of nitrogens with zero attached hydrogens (tertiary/aromatic N) is 1. The predicted molar refractivity (Wildman–Crippen MR) is 90.7 cm³/mol. The maximum absolute atomic E-state index is 12.3. The molecule has 6 heteroatoms. The van der Waals surface area contributed by atoms with E-state index in [1.165, 1.54) is 0 Å². The lowest BCUT2D eigenvalue weighted by atomic mass is 9.96. The molecule has 6 nitrogen and oxygen atoms in total. The Bertz CT molecular complexity index is 933. The SMILES string of the molecule is CC(O)(CNC(=O)c1nc2ccccc2c(=O)[nH]1)c1ccccc1. The van der Waals surface area contributed by atoms with Crippen molar-refractivity contribution in [1.29, 1.82) is 0 Å². The number of aromatic nitrogens is 2. The molecule has 0 aliphatic rings. The summed E-state index contributed by atoms with van der Waals surface area (Å²) in [5.41, 5.74) is -0.472. The van der Waals surface area contributed by atoms with Crippen molar-refractivity contribution in [2.75, 3.05) is 6.54 Å². The number of fused-ring (bicyclic) bond motifs is 1. The van der Waals surface area contributed by atoms with Crippen LogP contribution in [0, 0.1) is 0 Å². The summed E-state index contributed by atoms with van der Waals surface area (Å²) in [6.45, 7) is 1.60. The number of amides is 1. The summed E-state index contributed by atoms with van der Waals surface area (Å²) in [5, 5.41) is 13.5. The van der Waals surface area contributed by atoms with Crippen molar-refractivity contribution in [3.63, 3.8) is 0 Å². The Labute approximate surface area is 138 Å². The topological polar surface area (TPSA) is 95.1 Å². The summed E-state index contributed by atoms with van der Waals surface area (Å²) in [6.07, 6.45) is 0. The zero-order valence-corrected chi connectivity index (χ0v) is 13.1. The summed E-state index contributed by atoms with van der Waals surface area (Å²) >= 11 is 0. The van der Waals surface area contributed by atoms with Gasteiger partial charge in [0.05, 0.1) is 17.4 Å². The van der Waals surface area contributed by atoms with Crippen molar-refractivity contribution >= 4 is 16.8 Å². The molecule has 3 rings (SSSR count). The molecule has 1 aromatic heterocycles. The number of hydrogen-bond donors (Lipinski definition) is 3. The van der Waals surface area contributed by atoms with Crippen molar-refractivity contribution in [3.05, 3.63) is 76.3 Å². The molecule has 2 aromatic carbocycles. The molecule has 0 radical (unpaired) electrons. The lowest BCUT2D eigenvalue weighted by Gasteiger charge is -2.24. The first-order chi connectivity index (χ1) is 11.5. The van der Waals surface area contributed by atoms with Crippen LogP contribution in [0.5, 0.6) is 0 Å². The van der Waals surface area contributed by atoms with Gasteiger partial charge in [-0.1, -0.05) is 42.5 Å². The van der Waals surface area contributed by atoms with E-state index in [2.05, 4.69) is 15.3 Å². The number of rotatable bonds is 4. The van der Waals surface area contributed by atoms with Gasteiger partial charge in [0.15, 0.2) is 5.82 Å². The van der Waals surface area contributed by atoms with Gasteiger partial charge in [-0.25, -0.2) is 4.98 Å². The maximum Gasteiger partial charge on any atom is 0.287 e. The highest BCUT2D eigenvalue weighted by molar-refractivity contribution is 5.92. The quantitative estimate of drug-likeness (QED) is 0.679. The molecule has 0 saturated carbocycles. The van der Waals surface area contributed by atoms with E-state index < -0.39 is 11.5 Å². The van der Waals surface area contributed by atoms with E-state index in [0.29, 0.717) is 16.5 Å². The molecule has 1 amide bonds. The van der Waals surface area contributed by atoms with Crippen molar-refractivity contribution < 1.29 is 9.90 Å². The minimum absolute atomic E-state index is 0.00756. The number of carbonyl (C=O) groups is 1. The number of hydrogen-bond acceptors (Lipinski definition) is 4. The standard InChI is InChI=1S/C18H17N3O3/c1-18(24,12-7-3-2-4-8-12)11-19-17(23)15-20-14-10-6-5-9-13(14)16(22)21-15/h2-10,24H,11H2,1H3,(H,19,23)(H,20,21,22). The van der Waals surface area contributed by atoms with Gasteiger partial charge in [0.25, 0.3) is 11.5 Å². The Balaban J connectivity index is 1.79. The highest BCUT2D eigenvalue weighted by atomic mass is 16.3. The van der Waals surface area contributed by atoms with E-state index in [4.69, 9.17) is 0 Å². The molecule has 1 atom stereocenters. The number of carbonyl (C=O) groups excluding carboxylic acids is 1. The second-order valence-electron chi connectivity index (χ2n) is 5.75. The smallest absolute Gasteiger partial charge is 0.287 e. The summed E-state index contributed by atoms with van der Waals surface area (Å²) in [5.74, 6) is -0.628. The van der Waals surface area contributed by atoms with E-state index in [1.54, 1.807) is 43.3 Å². The van der Waals surface area contributed by atoms with Crippen LogP contribution in [0.15, 0.2) is 59.4 Å². The molecule has 1 unspecified atom stereocenters. The third kappa shape index (κ3) is 3.18. The molecular weight excluding hydrogens is 306 g/mol. The van der Waals surface area contributed by atoms with Gasteiger partial charge in [-0.05, 0) is 24.6 Å². The summed E-state index contributed by atoms with van der Waals surface area (Å²) < 4.78 is 0. The lowest BCUT2D eigenvalue weighted by Crippen LogP contribution is -2.39. The highest BCUT2D eigenvalue weighted by Crippen LogP contribution is 2.19. The molecule has 1 heterocycles. The van der Waals surface area contributed by atoms with Gasteiger partial charge in [-0.2, -0.15) is 0 Å². The van der Waals surface area contributed by atoms with Crippen LogP contribution in [0.3, 0.4) is 0 Å². The average Bonchev–Trinajstić information content (AvgIpc) is 2.60. The fraction of sp³-hybridized carbons (Fsp3) is 0.167. The molecular formula is C18H17N3O3. The van der Waals surface area contributed by atoms with E-state index in [0.717, 1.165) is 0 Å². The van der Waals surface area contributed by atoms with Crippen LogP contribution in [0.4, 0.5) is 0 Å². The minimum Gasteiger partial charge on any atom is -0.384 e. The Hall–Kier alpha value is -2.99. The first-order valence-electron chi connectivity index (χ1n) is 7.52. The van der Waals surface area contributed by atoms with Crippen LogP contribution in [0.25, 0.3) is 10.9 Å². The number of H-pyrrole nitrogens is 1. The van der Waals surface area contributed by atoms with E-state index in [-0.39, 0.29) is 17.9 Å². The maximum atomic E-state index is 12.3. The lowest BCUT2D eigenvalue weighted by molar-refractivity contribution is 0.0523. The van der Waals surface area contributed by atoms with Gasteiger partial charge in [0.2, 0.25) is 0 Å². The van der Waals surface area contributed by atoms with Crippen molar-refractivity contribution in [1.82, 2.24) is 15.3 Å². The first-order valence-corrected chi connectivity index (χ1v) is 7.52. The fourth-order valence-electron chi connectivity index (χ4n) is 2.43. The van der Waals surface area contributed by atoms with Gasteiger partial charge in [-0.3, -0.25) is 9.59 Å². The fourth-order valence-corrected chi connectivity index (χ4v) is 2.43. The molecule has 0 fully saturated rings. The molecule has 0 bridgehead atoms. The third-order valence-corrected chi connectivity index (χ3v) is 3.82. The van der Waals surface area contributed by atoms with Crippen LogP contribution in [-0.4, -0.2) is 27.5 Å². The molecule has 3 N–H and O–H groups in total. The van der Waals surface area contributed by atoms with E-state index >= 15 is 0 Å². The molecule has 0 aliphatic carbocycles. The van der Waals surface area contributed by atoms with Gasteiger partial charge >= 0.3 is 0 Å². The van der Waals surface area contributed by atoms with Gasteiger partial charge in [-0.15, -0.1) is 0 Å². The van der Waals surface area contributed by atoms with E-state index in [9.17, 15) is 14.7 Å². The molecule has 0 spiro atoms. The van der Waals surface area contributed by atoms with Crippen LogP contribution < -0.4 is 10.9 Å².